The van der Waals surface area contributed by atoms with E-state index < -0.39 is 21.9 Å². The van der Waals surface area contributed by atoms with E-state index in [9.17, 15) is 13.2 Å². The molecule has 1 unspecified atom stereocenters. The van der Waals surface area contributed by atoms with Crippen molar-refractivity contribution in [3.05, 3.63) is 48.2 Å². The van der Waals surface area contributed by atoms with Gasteiger partial charge in [0.1, 0.15) is 0 Å². The Labute approximate surface area is 128 Å². The number of nitrogens with one attached hydrogen (secondary N) is 1. The number of furan rings is 1. The zero-order chi connectivity index (χ0) is 16.2. The van der Waals surface area contributed by atoms with Crippen LogP contribution < -0.4 is 4.72 Å². The number of aliphatic carboxylic acids is 1. The van der Waals surface area contributed by atoms with Crippen LogP contribution in [-0.4, -0.2) is 19.5 Å². The van der Waals surface area contributed by atoms with Gasteiger partial charge in [-0.2, -0.15) is 8.42 Å². The lowest BCUT2D eigenvalue weighted by Crippen LogP contribution is -2.15. The summed E-state index contributed by atoms with van der Waals surface area (Å²) in [5.74, 6) is -1.27. The lowest BCUT2D eigenvalue weighted by atomic mass is 9.97. The summed E-state index contributed by atoms with van der Waals surface area (Å²) >= 11 is 0. The molecule has 1 heterocycles. The first-order valence-electron chi connectivity index (χ1n) is 6.80. The highest BCUT2D eigenvalue weighted by Gasteiger charge is 2.18. The van der Waals surface area contributed by atoms with Crippen LogP contribution in [0.1, 0.15) is 18.9 Å². The molecule has 2 N–H and O–H groups in total. The fraction of sp³-hybridized carbons (Fsp3) is 0.267. The highest BCUT2D eigenvalue weighted by molar-refractivity contribution is 7.92. The number of benzene rings is 1. The third kappa shape index (κ3) is 3.88. The summed E-state index contributed by atoms with van der Waals surface area (Å²) in [6.07, 6.45) is 2.24. The highest BCUT2D eigenvalue weighted by Crippen LogP contribution is 2.19. The molecule has 6 nitrogen and oxygen atoms in total. The van der Waals surface area contributed by atoms with Crippen molar-refractivity contribution in [3.8, 4) is 0 Å². The molecule has 1 atom stereocenters. The number of hydrogen-bond donors (Lipinski definition) is 2. The fourth-order valence-electron chi connectivity index (χ4n) is 2.02. The third-order valence-corrected chi connectivity index (χ3v) is 4.56. The second-order valence-electron chi connectivity index (χ2n) is 4.88. The molecule has 1 aromatic carbocycles. The van der Waals surface area contributed by atoms with Crippen molar-refractivity contribution < 1.29 is 22.7 Å². The van der Waals surface area contributed by atoms with Gasteiger partial charge in [0.05, 0.1) is 12.2 Å². The van der Waals surface area contributed by atoms with Crippen LogP contribution in [-0.2, 0) is 21.2 Å². The molecule has 2 aromatic rings. The molecule has 2 rings (SSSR count). The van der Waals surface area contributed by atoms with Crippen molar-refractivity contribution in [2.45, 2.75) is 24.9 Å². The van der Waals surface area contributed by atoms with Crippen LogP contribution in [0, 0.1) is 5.92 Å². The summed E-state index contributed by atoms with van der Waals surface area (Å²) in [5, 5.41) is 8.89. The molecule has 118 valence electrons. The summed E-state index contributed by atoms with van der Waals surface area (Å²) in [6, 6.07) is 9.48. The van der Waals surface area contributed by atoms with Crippen LogP contribution in [0.15, 0.2) is 52.2 Å². The normalized spacial score (nSPS) is 12.8. The molecule has 0 amide bonds. The molecule has 1 aromatic heterocycles. The van der Waals surface area contributed by atoms with Crippen molar-refractivity contribution >= 4 is 21.7 Å². The molecule has 0 fully saturated rings. The maximum Gasteiger partial charge on any atom is 0.306 e. The predicted octanol–water partition coefficient (Wildman–Crippen LogP) is 2.73. The Kier molecular flexibility index (Phi) is 4.87. The average Bonchev–Trinajstić information content (AvgIpc) is 3.01. The molecule has 0 saturated carbocycles. The van der Waals surface area contributed by atoms with Crippen molar-refractivity contribution in [2.24, 2.45) is 5.92 Å². The zero-order valence-corrected chi connectivity index (χ0v) is 12.8. The quantitative estimate of drug-likeness (QED) is 0.816. The van der Waals surface area contributed by atoms with Gasteiger partial charge in [0, 0.05) is 5.69 Å². The SMILES string of the molecule is CCC(Cc1ccc(NS(=O)(=O)c2ccco2)cc1)C(=O)O. The standard InChI is InChI=1S/C15H17NO5S/c1-2-12(15(17)18)10-11-5-7-13(8-6-11)16-22(19,20)14-4-3-9-21-14/h3-9,12,16H,2,10H2,1H3,(H,17,18). The molecule has 0 radical (unpaired) electrons. The van der Waals surface area contributed by atoms with E-state index in [4.69, 9.17) is 9.52 Å². The van der Waals surface area contributed by atoms with Gasteiger partial charge in [-0.25, -0.2) is 0 Å². The molecular weight excluding hydrogens is 306 g/mol. The van der Waals surface area contributed by atoms with Gasteiger partial charge in [0.2, 0.25) is 5.09 Å². The third-order valence-electron chi connectivity index (χ3n) is 3.29. The lowest BCUT2D eigenvalue weighted by Gasteiger charge is -2.10. The summed E-state index contributed by atoms with van der Waals surface area (Å²) in [4.78, 5) is 11.0. The maximum absolute atomic E-state index is 12.0. The Balaban J connectivity index is 2.08. The summed E-state index contributed by atoms with van der Waals surface area (Å²) in [6.45, 7) is 1.82. The molecule has 0 aliphatic carbocycles. The maximum atomic E-state index is 12.0. The van der Waals surface area contributed by atoms with Crippen LogP contribution in [0.25, 0.3) is 0 Å². The number of sulfonamides is 1. The highest BCUT2D eigenvalue weighted by atomic mass is 32.2. The number of anilines is 1. The van der Waals surface area contributed by atoms with Crippen LogP contribution in [0.4, 0.5) is 5.69 Å². The van der Waals surface area contributed by atoms with Gasteiger partial charge in [0.15, 0.2) is 0 Å². The molecule has 0 aliphatic rings. The number of carbonyl (C=O) groups is 1. The number of hydrogen-bond acceptors (Lipinski definition) is 4. The van der Waals surface area contributed by atoms with Gasteiger partial charge in [-0.05, 0) is 42.7 Å². The van der Waals surface area contributed by atoms with Crippen molar-refractivity contribution in [3.63, 3.8) is 0 Å². The van der Waals surface area contributed by atoms with Gasteiger partial charge in [-0.1, -0.05) is 19.1 Å². The number of rotatable bonds is 7. The minimum absolute atomic E-state index is 0.159. The number of carboxylic acid groups (broad SMARTS) is 1. The van der Waals surface area contributed by atoms with Crippen LogP contribution >= 0.6 is 0 Å². The summed E-state index contributed by atoms with van der Waals surface area (Å²) in [7, 11) is -3.73. The van der Waals surface area contributed by atoms with E-state index in [0.29, 0.717) is 18.5 Å². The average molecular weight is 323 g/mol. The van der Waals surface area contributed by atoms with Crippen LogP contribution in [0.3, 0.4) is 0 Å². The van der Waals surface area contributed by atoms with Crippen molar-refractivity contribution in [1.29, 1.82) is 0 Å². The Morgan fingerprint density at radius 3 is 2.45 bits per heavy atom. The largest absolute Gasteiger partial charge is 0.481 e. The van der Waals surface area contributed by atoms with Gasteiger partial charge in [0.25, 0.3) is 10.0 Å². The Morgan fingerprint density at radius 2 is 1.95 bits per heavy atom. The van der Waals surface area contributed by atoms with Crippen molar-refractivity contribution in [1.82, 2.24) is 0 Å². The van der Waals surface area contributed by atoms with E-state index in [1.165, 1.54) is 18.4 Å². The molecule has 0 bridgehead atoms. The summed E-state index contributed by atoms with van der Waals surface area (Å²) < 4.78 is 31.2. The van der Waals surface area contributed by atoms with E-state index in [1.807, 2.05) is 6.92 Å². The van der Waals surface area contributed by atoms with Crippen LogP contribution in [0.5, 0.6) is 0 Å². The van der Waals surface area contributed by atoms with E-state index in [0.717, 1.165) is 5.56 Å². The number of carboxylic acids is 1. The van der Waals surface area contributed by atoms with E-state index in [-0.39, 0.29) is 5.09 Å². The Morgan fingerprint density at radius 1 is 1.27 bits per heavy atom. The van der Waals surface area contributed by atoms with Gasteiger partial charge < -0.3 is 9.52 Å². The zero-order valence-electron chi connectivity index (χ0n) is 12.0. The van der Waals surface area contributed by atoms with E-state index in [2.05, 4.69) is 4.72 Å². The smallest absolute Gasteiger partial charge is 0.306 e. The monoisotopic (exact) mass is 323 g/mol. The van der Waals surface area contributed by atoms with Crippen LogP contribution in [0.2, 0.25) is 0 Å². The second-order valence-corrected chi connectivity index (χ2v) is 6.50. The molecule has 22 heavy (non-hydrogen) atoms. The first-order chi connectivity index (χ1) is 10.4. The minimum atomic E-state index is -3.73. The van der Waals surface area contributed by atoms with E-state index in [1.54, 1.807) is 24.3 Å². The molecule has 0 spiro atoms. The van der Waals surface area contributed by atoms with E-state index >= 15 is 0 Å². The summed E-state index contributed by atoms with van der Waals surface area (Å²) in [5.41, 5.74) is 1.23. The second kappa shape index (κ2) is 6.65. The Bertz CT molecular complexity index is 720. The fourth-order valence-corrected chi connectivity index (χ4v) is 3.01. The topological polar surface area (TPSA) is 96.6 Å². The minimum Gasteiger partial charge on any atom is -0.481 e. The Hall–Kier alpha value is -2.28. The molecular formula is C15H17NO5S. The van der Waals surface area contributed by atoms with Gasteiger partial charge in [-0.15, -0.1) is 0 Å². The lowest BCUT2D eigenvalue weighted by molar-refractivity contribution is -0.141. The predicted molar refractivity (Wildman–Crippen MR) is 81.1 cm³/mol. The first-order valence-corrected chi connectivity index (χ1v) is 8.28. The van der Waals surface area contributed by atoms with Gasteiger partial charge >= 0.3 is 5.97 Å². The molecule has 0 saturated heterocycles. The molecule has 0 aliphatic heterocycles. The molecule has 7 heteroatoms. The van der Waals surface area contributed by atoms with Crippen molar-refractivity contribution in [2.75, 3.05) is 4.72 Å². The van der Waals surface area contributed by atoms with Gasteiger partial charge in [-0.3, -0.25) is 9.52 Å². The first kappa shape index (κ1) is 16.1.